The van der Waals surface area contributed by atoms with Gasteiger partial charge in [-0.25, -0.2) is 0 Å². The lowest BCUT2D eigenvalue weighted by Crippen LogP contribution is -2.36. The molecule has 1 aromatic rings. The Morgan fingerprint density at radius 1 is 1.35 bits per heavy atom. The average Bonchev–Trinajstić information content (AvgIpc) is 2.27. The SMILES string of the molecule is CC[C@H](Cc1ccc(C)cc1)N(C)CC(=O)O. The maximum absolute atomic E-state index is 10.7. The first-order valence-corrected chi connectivity index (χ1v) is 6.00. The van der Waals surface area contributed by atoms with Crippen LogP contribution in [0.4, 0.5) is 0 Å². The molecule has 1 rings (SSSR count). The number of likely N-dealkylation sites (N-methyl/N-ethyl adjacent to an activating group) is 1. The molecule has 0 unspecified atom stereocenters. The molecule has 1 N–H and O–H groups in total. The monoisotopic (exact) mass is 235 g/mol. The second-order valence-electron chi connectivity index (χ2n) is 4.56. The van der Waals surface area contributed by atoms with Gasteiger partial charge in [-0.3, -0.25) is 9.69 Å². The highest BCUT2D eigenvalue weighted by Crippen LogP contribution is 2.11. The molecule has 0 aliphatic rings. The highest BCUT2D eigenvalue weighted by atomic mass is 16.4. The Kier molecular flexibility index (Phi) is 5.16. The van der Waals surface area contributed by atoms with Crippen LogP contribution in [0.1, 0.15) is 24.5 Å². The minimum Gasteiger partial charge on any atom is -0.480 e. The number of aliphatic carboxylic acids is 1. The van der Waals surface area contributed by atoms with E-state index in [1.54, 1.807) is 0 Å². The number of benzene rings is 1. The number of rotatable bonds is 6. The molecule has 0 spiro atoms. The van der Waals surface area contributed by atoms with E-state index in [1.807, 2.05) is 11.9 Å². The van der Waals surface area contributed by atoms with Crippen molar-refractivity contribution in [2.24, 2.45) is 0 Å². The van der Waals surface area contributed by atoms with Crippen LogP contribution in [0.15, 0.2) is 24.3 Å². The molecule has 1 aromatic carbocycles. The second-order valence-corrected chi connectivity index (χ2v) is 4.56. The second kappa shape index (κ2) is 6.40. The van der Waals surface area contributed by atoms with Gasteiger partial charge in [-0.1, -0.05) is 36.8 Å². The number of aryl methyl sites for hydroxylation is 1. The Bertz CT molecular complexity index is 359. The van der Waals surface area contributed by atoms with E-state index in [9.17, 15) is 4.79 Å². The summed E-state index contributed by atoms with van der Waals surface area (Å²) in [5.41, 5.74) is 2.51. The summed E-state index contributed by atoms with van der Waals surface area (Å²) in [6, 6.07) is 8.71. The highest BCUT2D eigenvalue weighted by molar-refractivity contribution is 5.69. The van der Waals surface area contributed by atoms with Gasteiger partial charge in [0.2, 0.25) is 0 Å². The van der Waals surface area contributed by atoms with Crippen molar-refractivity contribution in [3.8, 4) is 0 Å². The molecular formula is C14H21NO2. The van der Waals surface area contributed by atoms with Gasteiger partial charge < -0.3 is 5.11 Å². The Balaban J connectivity index is 2.62. The van der Waals surface area contributed by atoms with Crippen molar-refractivity contribution in [3.05, 3.63) is 35.4 Å². The number of hydrogen-bond acceptors (Lipinski definition) is 2. The van der Waals surface area contributed by atoms with Crippen LogP contribution < -0.4 is 0 Å². The third-order valence-corrected chi connectivity index (χ3v) is 3.07. The number of carboxylic acids is 1. The molecule has 3 nitrogen and oxygen atoms in total. The van der Waals surface area contributed by atoms with Crippen molar-refractivity contribution < 1.29 is 9.90 Å². The van der Waals surface area contributed by atoms with Crippen LogP contribution in [0, 0.1) is 6.92 Å². The molecule has 3 heteroatoms. The molecule has 0 amide bonds. The number of carboxylic acid groups (broad SMARTS) is 1. The van der Waals surface area contributed by atoms with Crippen molar-refractivity contribution in [2.75, 3.05) is 13.6 Å². The summed E-state index contributed by atoms with van der Waals surface area (Å²) in [7, 11) is 1.87. The first kappa shape index (κ1) is 13.7. The zero-order valence-corrected chi connectivity index (χ0v) is 10.8. The van der Waals surface area contributed by atoms with Crippen LogP contribution in [0.2, 0.25) is 0 Å². The van der Waals surface area contributed by atoms with Gasteiger partial charge in [0.25, 0.3) is 0 Å². The maximum atomic E-state index is 10.7. The molecular weight excluding hydrogens is 214 g/mol. The average molecular weight is 235 g/mol. The molecule has 0 fully saturated rings. The van der Waals surface area contributed by atoms with E-state index in [0.29, 0.717) is 0 Å². The highest BCUT2D eigenvalue weighted by Gasteiger charge is 2.15. The molecule has 0 saturated carbocycles. The molecule has 1 atom stereocenters. The summed E-state index contributed by atoms with van der Waals surface area (Å²) in [6.45, 7) is 4.26. The van der Waals surface area contributed by atoms with Gasteiger partial charge in [-0.05, 0) is 32.4 Å². The van der Waals surface area contributed by atoms with Crippen LogP contribution >= 0.6 is 0 Å². The Labute approximate surface area is 103 Å². The Morgan fingerprint density at radius 3 is 2.41 bits per heavy atom. The first-order chi connectivity index (χ1) is 8.02. The lowest BCUT2D eigenvalue weighted by atomic mass is 10.0. The fourth-order valence-corrected chi connectivity index (χ4v) is 1.95. The summed E-state index contributed by atoms with van der Waals surface area (Å²) in [4.78, 5) is 12.6. The molecule has 0 saturated heterocycles. The van der Waals surface area contributed by atoms with Crippen molar-refractivity contribution in [3.63, 3.8) is 0 Å². The van der Waals surface area contributed by atoms with E-state index in [2.05, 4.69) is 38.1 Å². The Morgan fingerprint density at radius 2 is 1.94 bits per heavy atom. The molecule has 0 radical (unpaired) electrons. The minimum atomic E-state index is -0.769. The van der Waals surface area contributed by atoms with Gasteiger partial charge in [-0.2, -0.15) is 0 Å². The fraction of sp³-hybridized carbons (Fsp3) is 0.500. The first-order valence-electron chi connectivity index (χ1n) is 6.00. The molecule has 0 heterocycles. The predicted molar refractivity (Wildman–Crippen MR) is 69.2 cm³/mol. The van der Waals surface area contributed by atoms with Gasteiger partial charge in [-0.15, -0.1) is 0 Å². The normalized spacial score (nSPS) is 12.7. The van der Waals surface area contributed by atoms with Gasteiger partial charge >= 0.3 is 5.97 Å². The minimum absolute atomic E-state index is 0.102. The van der Waals surface area contributed by atoms with Crippen molar-refractivity contribution >= 4 is 5.97 Å². The van der Waals surface area contributed by atoms with Gasteiger partial charge in [0.05, 0.1) is 6.54 Å². The van der Waals surface area contributed by atoms with Crippen LogP contribution in [-0.2, 0) is 11.2 Å². The smallest absolute Gasteiger partial charge is 0.317 e. The summed E-state index contributed by atoms with van der Waals surface area (Å²) in [6.07, 6.45) is 1.86. The van der Waals surface area contributed by atoms with Crippen LogP contribution in [-0.4, -0.2) is 35.6 Å². The molecule has 94 valence electrons. The summed E-state index contributed by atoms with van der Waals surface area (Å²) < 4.78 is 0. The summed E-state index contributed by atoms with van der Waals surface area (Å²) >= 11 is 0. The van der Waals surface area contributed by atoms with Gasteiger partial charge in [0.15, 0.2) is 0 Å². The third-order valence-electron chi connectivity index (χ3n) is 3.07. The van der Waals surface area contributed by atoms with Crippen LogP contribution in [0.5, 0.6) is 0 Å². The number of nitrogens with zero attached hydrogens (tertiary/aromatic N) is 1. The van der Waals surface area contributed by atoms with E-state index in [-0.39, 0.29) is 12.6 Å². The topological polar surface area (TPSA) is 40.5 Å². The number of carbonyl (C=O) groups is 1. The molecule has 0 aliphatic heterocycles. The van der Waals surface area contributed by atoms with E-state index in [4.69, 9.17) is 5.11 Å². The lowest BCUT2D eigenvalue weighted by Gasteiger charge is -2.25. The van der Waals surface area contributed by atoms with E-state index in [0.717, 1.165) is 12.8 Å². The van der Waals surface area contributed by atoms with Gasteiger partial charge in [0.1, 0.15) is 0 Å². The number of hydrogen-bond donors (Lipinski definition) is 1. The van der Waals surface area contributed by atoms with Crippen molar-refractivity contribution in [1.29, 1.82) is 0 Å². The Hall–Kier alpha value is -1.35. The fourth-order valence-electron chi connectivity index (χ4n) is 1.95. The van der Waals surface area contributed by atoms with Crippen molar-refractivity contribution in [1.82, 2.24) is 4.90 Å². The summed E-state index contributed by atoms with van der Waals surface area (Å²) in [5.74, 6) is -0.769. The standard InChI is InChI=1S/C14H21NO2/c1-4-13(15(3)10-14(16)17)9-12-7-5-11(2)6-8-12/h5-8,13H,4,9-10H2,1-3H3,(H,16,17)/t13-/m1/s1. The maximum Gasteiger partial charge on any atom is 0.317 e. The molecule has 17 heavy (non-hydrogen) atoms. The zero-order chi connectivity index (χ0) is 12.8. The van der Waals surface area contributed by atoms with Gasteiger partial charge in [0, 0.05) is 6.04 Å². The summed E-state index contributed by atoms with van der Waals surface area (Å²) in [5, 5.41) is 8.79. The zero-order valence-electron chi connectivity index (χ0n) is 10.8. The molecule has 0 bridgehead atoms. The predicted octanol–water partition coefficient (Wildman–Crippen LogP) is 2.33. The van der Waals surface area contributed by atoms with Crippen LogP contribution in [0.25, 0.3) is 0 Å². The van der Waals surface area contributed by atoms with E-state index in [1.165, 1.54) is 11.1 Å². The van der Waals surface area contributed by atoms with E-state index >= 15 is 0 Å². The lowest BCUT2D eigenvalue weighted by molar-refractivity contribution is -0.138. The largest absolute Gasteiger partial charge is 0.480 e. The van der Waals surface area contributed by atoms with E-state index < -0.39 is 5.97 Å². The quantitative estimate of drug-likeness (QED) is 0.822. The molecule has 0 aliphatic carbocycles. The molecule has 0 aromatic heterocycles. The van der Waals surface area contributed by atoms with Crippen LogP contribution in [0.3, 0.4) is 0 Å². The van der Waals surface area contributed by atoms with Crippen molar-refractivity contribution in [2.45, 2.75) is 32.7 Å². The third kappa shape index (κ3) is 4.57.